The van der Waals surface area contributed by atoms with Gasteiger partial charge in [-0.2, -0.15) is 4.99 Å². The molecule has 0 aliphatic carbocycles. The molecule has 0 fully saturated rings. The van der Waals surface area contributed by atoms with Crippen LogP contribution >= 0.6 is 0 Å². The molecule has 0 atom stereocenters. The minimum Gasteiger partial charge on any atom is -0.508 e. The summed E-state index contributed by atoms with van der Waals surface area (Å²) in [5.74, 6) is 0.598. The van der Waals surface area contributed by atoms with Crippen LogP contribution in [0.1, 0.15) is 10.4 Å². The summed E-state index contributed by atoms with van der Waals surface area (Å²) >= 11 is 0. The number of carbonyl (C=O) groups is 1. The molecule has 23 heavy (non-hydrogen) atoms. The lowest BCUT2D eigenvalue weighted by Crippen LogP contribution is -2.24. The van der Waals surface area contributed by atoms with E-state index in [0.717, 1.165) is 17.7 Å². The Hall–Kier alpha value is -3.22. The van der Waals surface area contributed by atoms with Crippen molar-refractivity contribution in [1.82, 2.24) is 14.5 Å². The molecule has 0 unspecified atom stereocenters. The second-order valence-corrected chi connectivity index (χ2v) is 5.20. The molecule has 2 aromatic heterocycles. The van der Waals surface area contributed by atoms with Gasteiger partial charge in [0.05, 0.1) is 11.1 Å². The van der Waals surface area contributed by atoms with Crippen molar-refractivity contribution in [2.75, 3.05) is 11.9 Å². The van der Waals surface area contributed by atoms with Crippen molar-refractivity contribution < 1.29 is 9.90 Å². The summed E-state index contributed by atoms with van der Waals surface area (Å²) in [7, 11) is 0. The van der Waals surface area contributed by atoms with Gasteiger partial charge in [0.2, 0.25) is 5.62 Å². The van der Waals surface area contributed by atoms with Crippen LogP contribution in [-0.2, 0) is 6.54 Å². The molecule has 0 saturated carbocycles. The number of fused-ring (bicyclic) bond motifs is 3. The zero-order chi connectivity index (χ0) is 15.8. The van der Waals surface area contributed by atoms with E-state index >= 15 is 0 Å². The Morgan fingerprint density at radius 3 is 3.09 bits per heavy atom. The van der Waals surface area contributed by atoms with Crippen molar-refractivity contribution in [3.05, 3.63) is 53.9 Å². The van der Waals surface area contributed by atoms with Crippen LogP contribution < -0.4 is 10.9 Å². The van der Waals surface area contributed by atoms with E-state index in [-0.39, 0.29) is 11.7 Å². The summed E-state index contributed by atoms with van der Waals surface area (Å²) in [6.07, 6.45) is 3.09. The Labute approximate surface area is 131 Å². The predicted octanol–water partition coefficient (Wildman–Crippen LogP) is 1.30. The van der Waals surface area contributed by atoms with Crippen molar-refractivity contribution in [3.8, 4) is 5.75 Å². The van der Waals surface area contributed by atoms with Crippen LogP contribution in [-0.4, -0.2) is 32.1 Å². The molecule has 1 aliphatic heterocycles. The molecule has 0 radical (unpaired) electrons. The smallest absolute Gasteiger partial charge is 0.281 e. The van der Waals surface area contributed by atoms with Crippen molar-refractivity contribution in [2.45, 2.75) is 6.54 Å². The first kappa shape index (κ1) is 13.4. The van der Waals surface area contributed by atoms with Crippen molar-refractivity contribution in [1.29, 1.82) is 0 Å². The molecule has 1 aliphatic rings. The molecule has 0 spiro atoms. The van der Waals surface area contributed by atoms with E-state index in [4.69, 9.17) is 0 Å². The molecule has 2 N–H and O–H groups in total. The largest absolute Gasteiger partial charge is 0.508 e. The average Bonchev–Trinajstić information content (AvgIpc) is 3.06. The van der Waals surface area contributed by atoms with Crippen LogP contribution in [0.4, 0.5) is 5.82 Å². The van der Waals surface area contributed by atoms with Gasteiger partial charge >= 0.3 is 0 Å². The summed E-state index contributed by atoms with van der Waals surface area (Å²) in [6.45, 7) is 1.38. The fourth-order valence-electron chi connectivity index (χ4n) is 2.64. The van der Waals surface area contributed by atoms with Crippen LogP contribution in [0.3, 0.4) is 0 Å². The Morgan fingerprint density at radius 1 is 1.35 bits per heavy atom. The first-order valence-electron chi connectivity index (χ1n) is 7.19. The van der Waals surface area contributed by atoms with Crippen LogP contribution in [0.5, 0.6) is 5.75 Å². The van der Waals surface area contributed by atoms with Crippen LogP contribution in [0, 0.1) is 0 Å². The maximum Gasteiger partial charge on any atom is 0.281 e. The van der Waals surface area contributed by atoms with E-state index < -0.39 is 0 Å². The summed E-state index contributed by atoms with van der Waals surface area (Å²) < 4.78 is 1.84. The normalized spacial score (nSPS) is 13.8. The highest BCUT2D eigenvalue weighted by Gasteiger charge is 2.16. The molecule has 4 rings (SSSR count). The zero-order valence-electron chi connectivity index (χ0n) is 12.1. The van der Waals surface area contributed by atoms with Gasteiger partial charge in [0.15, 0.2) is 0 Å². The highest BCUT2D eigenvalue weighted by atomic mass is 16.3. The number of aromatic hydroxyl groups is 1. The Bertz CT molecular complexity index is 979. The number of hydrogen-bond donors (Lipinski definition) is 2. The second kappa shape index (κ2) is 5.20. The minimum absolute atomic E-state index is 0.173. The van der Waals surface area contributed by atoms with E-state index in [2.05, 4.69) is 20.3 Å². The Morgan fingerprint density at radius 2 is 2.26 bits per heavy atom. The average molecular weight is 307 g/mol. The number of aromatic nitrogens is 3. The molecule has 3 heterocycles. The first-order valence-corrected chi connectivity index (χ1v) is 7.19. The lowest BCUT2D eigenvalue weighted by atomic mass is 10.2. The maximum atomic E-state index is 12.3. The molecular weight excluding hydrogens is 294 g/mol. The van der Waals surface area contributed by atoms with Gasteiger partial charge < -0.3 is 10.4 Å². The molecule has 3 aromatic rings. The molecule has 114 valence electrons. The molecule has 1 amide bonds. The van der Waals surface area contributed by atoms with Gasteiger partial charge in [0.25, 0.3) is 5.91 Å². The number of pyridine rings is 1. The minimum atomic E-state index is -0.384. The van der Waals surface area contributed by atoms with E-state index in [1.165, 1.54) is 6.20 Å². The van der Waals surface area contributed by atoms with Gasteiger partial charge in [-0.05, 0) is 30.3 Å². The van der Waals surface area contributed by atoms with Gasteiger partial charge in [-0.15, -0.1) is 0 Å². The SMILES string of the molecule is O=C(N=c1nc2ccc(O)cc2c2n1CCN2)c1cccnc1. The molecule has 7 heteroatoms. The summed E-state index contributed by atoms with van der Waals surface area (Å²) in [5, 5.41) is 13.7. The zero-order valence-corrected chi connectivity index (χ0v) is 12.1. The van der Waals surface area contributed by atoms with Gasteiger partial charge in [-0.3, -0.25) is 14.3 Å². The molecule has 0 bridgehead atoms. The second-order valence-electron chi connectivity index (χ2n) is 5.20. The van der Waals surface area contributed by atoms with Gasteiger partial charge in [-0.1, -0.05) is 0 Å². The van der Waals surface area contributed by atoms with E-state index in [1.54, 1.807) is 36.5 Å². The van der Waals surface area contributed by atoms with Gasteiger partial charge in [0, 0.05) is 30.9 Å². The number of nitrogens with zero attached hydrogens (tertiary/aromatic N) is 4. The molecule has 0 saturated heterocycles. The number of amides is 1. The lowest BCUT2D eigenvalue weighted by molar-refractivity contribution is 0.0996. The number of phenols is 1. The maximum absolute atomic E-state index is 12.3. The van der Waals surface area contributed by atoms with Crippen molar-refractivity contribution in [3.63, 3.8) is 0 Å². The fraction of sp³-hybridized carbons (Fsp3) is 0.125. The molecule has 7 nitrogen and oxygen atoms in total. The third-order valence-corrected chi connectivity index (χ3v) is 3.70. The molecular formula is C16H13N5O2. The number of benzene rings is 1. The quantitative estimate of drug-likeness (QED) is 0.707. The van der Waals surface area contributed by atoms with Crippen LogP contribution in [0.2, 0.25) is 0 Å². The number of phenolic OH excluding ortho intramolecular Hbond substituents is 1. The number of nitrogens with one attached hydrogen (secondary N) is 1. The lowest BCUT2D eigenvalue weighted by Gasteiger charge is -2.08. The van der Waals surface area contributed by atoms with Crippen molar-refractivity contribution in [2.24, 2.45) is 4.99 Å². The predicted molar refractivity (Wildman–Crippen MR) is 84.0 cm³/mol. The van der Waals surface area contributed by atoms with Gasteiger partial charge in [-0.25, -0.2) is 4.98 Å². The van der Waals surface area contributed by atoms with Crippen LogP contribution in [0.25, 0.3) is 10.9 Å². The summed E-state index contributed by atoms with van der Waals surface area (Å²) in [6, 6.07) is 8.28. The third-order valence-electron chi connectivity index (χ3n) is 3.70. The summed E-state index contributed by atoms with van der Waals surface area (Å²) in [4.78, 5) is 24.8. The third kappa shape index (κ3) is 2.32. The monoisotopic (exact) mass is 307 g/mol. The number of hydrogen-bond acceptors (Lipinski definition) is 5. The Balaban J connectivity index is 1.93. The van der Waals surface area contributed by atoms with Gasteiger partial charge in [0.1, 0.15) is 11.6 Å². The topological polar surface area (TPSA) is 92.4 Å². The fourth-order valence-corrected chi connectivity index (χ4v) is 2.64. The summed E-state index contributed by atoms with van der Waals surface area (Å²) in [5.41, 5.74) is 1.43. The number of carbonyl (C=O) groups excluding carboxylic acids is 1. The van der Waals surface area contributed by atoms with Crippen molar-refractivity contribution >= 4 is 22.6 Å². The standard InChI is InChI=1S/C16H13N5O2/c22-11-3-4-13-12(8-11)14-18-6-7-21(14)16(19-13)20-15(23)10-2-1-5-17-9-10/h1-5,8-9,18,22H,6-7H2. The Kier molecular flexibility index (Phi) is 3.04. The van der Waals surface area contributed by atoms with E-state index in [9.17, 15) is 9.90 Å². The van der Waals surface area contributed by atoms with Crippen LogP contribution in [0.15, 0.2) is 47.7 Å². The first-order chi connectivity index (χ1) is 11.2. The number of rotatable bonds is 1. The van der Waals surface area contributed by atoms with E-state index in [1.807, 2.05) is 4.57 Å². The highest BCUT2D eigenvalue weighted by molar-refractivity contribution is 5.95. The molecule has 1 aromatic carbocycles. The highest BCUT2D eigenvalue weighted by Crippen LogP contribution is 2.26. The number of anilines is 1. The van der Waals surface area contributed by atoms with E-state index in [0.29, 0.717) is 23.2 Å².